The lowest BCUT2D eigenvalue weighted by Crippen LogP contribution is -2.66. The van der Waals surface area contributed by atoms with Crippen molar-refractivity contribution in [3.05, 3.63) is 0 Å². The predicted octanol–water partition coefficient (Wildman–Crippen LogP) is 0.598. The number of esters is 2. The summed E-state index contributed by atoms with van der Waals surface area (Å²) in [6, 6.07) is 0. The highest BCUT2D eigenvalue weighted by atomic mass is 16.7. The number of fused-ring (bicyclic) bond motifs is 2. The molecule has 2 bridgehead atoms. The van der Waals surface area contributed by atoms with E-state index in [-0.39, 0.29) is 37.4 Å². The molecular weight excluding hydrogens is 524 g/mol. The molecule has 6 saturated heterocycles. The second-order valence-electron chi connectivity index (χ2n) is 14.7. The molecule has 6 aliphatic heterocycles. The fourth-order valence-electron chi connectivity index (χ4n) is 10.8. The average molecular weight is 561 g/mol. The summed E-state index contributed by atoms with van der Waals surface area (Å²) in [6.45, 7) is 8.72. The van der Waals surface area contributed by atoms with Crippen molar-refractivity contribution in [1.29, 1.82) is 0 Å². The van der Waals surface area contributed by atoms with E-state index in [1.54, 1.807) is 6.92 Å². The van der Waals surface area contributed by atoms with Crippen LogP contribution in [-0.2, 0) is 42.9 Å². The Balaban J connectivity index is 1.33. The van der Waals surface area contributed by atoms with E-state index in [0.29, 0.717) is 6.42 Å². The summed E-state index contributed by atoms with van der Waals surface area (Å²) in [6.07, 6.45) is -2.95. The van der Waals surface area contributed by atoms with Crippen LogP contribution in [0, 0.1) is 35.0 Å². The van der Waals surface area contributed by atoms with Gasteiger partial charge >= 0.3 is 11.9 Å². The predicted molar refractivity (Wildman–Crippen MR) is 130 cm³/mol. The maximum Gasteiger partial charge on any atom is 0.341 e. The zero-order valence-corrected chi connectivity index (χ0v) is 23.3. The van der Waals surface area contributed by atoms with Crippen LogP contribution in [0.3, 0.4) is 0 Å². The van der Waals surface area contributed by atoms with E-state index in [2.05, 4.69) is 0 Å². The number of carbonyl (C=O) groups is 4. The molecule has 0 aromatic heterocycles. The monoisotopic (exact) mass is 560 g/mol. The van der Waals surface area contributed by atoms with Crippen LogP contribution in [0.1, 0.15) is 66.7 Å². The number of hydrogen-bond acceptors (Lipinski definition) is 11. The normalized spacial score (nSPS) is 60.6. The van der Waals surface area contributed by atoms with Crippen LogP contribution >= 0.6 is 0 Å². The zero-order chi connectivity index (χ0) is 28.6. The fourth-order valence-corrected chi connectivity index (χ4v) is 10.8. The minimum absolute atomic E-state index is 0.0636. The third-order valence-corrected chi connectivity index (χ3v) is 12.4. The summed E-state index contributed by atoms with van der Waals surface area (Å²) in [4.78, 5) is 54.3. The lowest BCUT2D eigenvalue weighted by Gasteiger charge is -2.50. The molecule has 14 atom stereocenters. The maximum atomic E-state index is 14.8. The SMILES string of the molecule is C[C@H]1C(=O)[C@@]2(C)CC[C@]34C[C@]56OC(=O)C[C@H]5OC(C)(C)[C@@H]6C[C@H](O)[C@H]3C(=O)[C@@]3(O[C@H]5[C@H](OC(=O)[C@]5(C)O)[C@@H]1[C@H]32)O4. The Hall–Kier alpha value is -1.92. The second kappa shape index (κ2) is 6.99. The quantitative estimate of drug-likeness (QED) is 0.400. The minimum Gasteiger partial charge on any atom is -0.457 e. The number of ketones is 2. The number of hydrogen-bond donors (Lipinski definition) is 2. The number of rotatable bonds is 0. The van der Waals surface area contributed by atoms with Gasteiger partial charge in [-0.05, 0) is 40.0 Å². The van der Waals surface area contributed by atoms with Gasteiger partial charge in [-0.25, -0.2) is 4.79 Å². The van der Waals surface area contributed by atoms with Gasteiger partial charge in [0, 0.05) is 35.5 Å². The minimum atomic E-state index is -2.06. The van der Waals surface area contributed by atoms with Gasteiger partial charge in [-0.1, -0.05) is 13.8 Å². The standard InChI is InChI=1S/C29H36O11/c1-11-16-18-22(26(5,35)23(34)36-18)39-29-19(16)25(4,20(11)32)6-7-27(40-29)10-28-13(8-12(30)17(27)21(29)33)24(2,3)37-14(28)9-15(31)38-28/h11-14,16-19,22,30,35H,6-10H2,1-5H3/t11-,12+,13+,14-,16-,17+,18-,19+,22+,25+,26-,27+,28-,29+/m1/s1. The zero-order valence-electron chi connectivity index (χ0n) is 23.3. The molecule has 8 rings (SSSR count). The second-order valence-corrected chi connectivity index (χ2v) is 14.7. The first-order valence-electron chi connectivity index (χ1n) is 14.5. The van der Waals surface area contributed by atoms with Crippen LogP contribution in [0.15, 0.2) is 0 Å². The Bertz CT molecular complexity index is 1290. The molecule has 2 N–H and O–H groups in total. The van der Waals surface area contributed by atoms with Gasteiger partial charge < -0.3 is 33.9 Å². The van der Waals surface area contributed by atoms with Crippen molar-refractivity contribution in [2.45, 2.75) is 119 Å². The van der Waals surface area contributed by atoms with E-state index >= 15 is 0 Å². The largest absolute Gasteiger partial charge is 0.457 e. The van der Waals surface area contributed by atoms with Gasteiger partial charge in [-0.2, -0.15) is 0 Å². The lowest BCUT2D eigenvalue weighted by molar-refractivity contribution is -0.339. The van der Waals surface area contributed by atoms with Crippen molar-refractivity contribution < 1.29 is 53.1 Å². The topological polar surface area (TPSA) is 155 Å². The molecular formula is C29H36O11. The van der Waals surface area contributed by atoms with E-state index < -0.39 is 99.4 Å². The molecule has 0 amide bonds. The van der Waals surface area contributed by atoms with E-state index in [4.69, 9.17) is 23.7 Å². The van der Waals surface area contributed by atoms with Gasteiger partial charge in [0.05, 0.1) is 29.6 Å². The van der Waals surface area contributed by atoms with E-state index in [1.165, 1.54) is 6.92 Å². The molecule has 11 nitrogen and oxygen atoms in total. The summed E-state index contributed by atoms with van der Waals surface area (Å²) in [5, 5.41) is 23.0. The molecule has 0 aromatic carbocycles. The highest BCUT2D eigenvalue weighted by Crippen LogP contribution is 2.71. The maximum absolute atomic E-state index is 14.8. The molecule has 2 aliphatic carbocycles. The smallest absolute Gasteiger partial charge is 0.341 e. The first-order valence-corrected chi connectivity index (χ1v) is 14.5. The number of ether oxygens (including phenoxy) is 5. The van der Waals surface area contributed by atoms with Crippen LogP contribution in [0.4, 0.5) is 0 Å². The molecule has 0 radical (unpaired) electrons. The molecule has 218 valence electrons. The number of Topliss-reactive ketones (excluding diaryl/α,β-unsaturated/α-hetero) is 2. The highest BCUT2D eigenvalue weighted by Gasteiger charge is 2.84. The van der Waals surface area contributed by atoms with Gasteiger partial charge in [0.1, 0.15) is 29.7 Å². The van der Waals surface area contributed by atoms with E-state index in [1.807, 2.05) is 20.8 Å². The van der Waals surface area contributed by atoms with Crippen LogP contribution in [0.5, 0.6) is 0 Å². The van der Waals surface area contributed by atoms with Gasteiger partial charge in [0.25, 0.3) is 0 Å². The van der Waals surface area contributed by atoms with Crippen LogP contribution in [-0.4, -0.2) is 86.3 Å². The third kappa shape index (κ3) is 2.55. The summed E-state index contributed by atoms with van der Waals surface area (Å²) in [7, 11) is 0. The number of aliphatic hydroxyl groups excluding tert-OH is 1. The van der Waals surface area contributed by atoms with Crippen molar-refractivity contribution in [2.24, 2.45) is 35.0 Å². The van der Waals surface area contributed by atoms with Crippen LogP contribution < -0.4 is 0 Å². The van der Waals surface area contributed by atoms with Crippen LogP contribution in [0.2, 0.25) is 0 Å². The fraction of sp³-hybridized carbons (Fsp3) is 0.862. The van der Waals surface area contributed by atoms with E-state index in [9.17, 15) is 29.4 Å². The van der Waals surface area contributed by atoms with E-state index in [0.717, 1.165) is 0 Å². The number of carbonyl (C=O) groups excluding carboxylic acids is 4. The lowest BCUT2D eigenvalue weighted by atomic mass is 9.60. The van der Waals surface area contributed by atoms with Gasteiger partial charge in [-0.3, -0.25) is 14.4 Å². The molecule has 11 heteroatoms. The van der Waals surface area contributed by atoms with Crippen molar-refractivity contribution in [2.75, 3.05) is 0 Å². The van der Waals surface area contributed by atoms with Crippen molar-refractivity contribution in [1.82, 2.24) is 0 Å². The summed E-state index contributed by atoms with van der Waals surface area (Å²) in [5.41, 5.74) is -6.25. The number of aliphatic hydroxyl groups is 2. The van der Waals surface area contributed by atoms with Gasteiger partial charge in [0.2, 0.25) is 11.6 Å². The van der Waals surface area contributed by atoms with Gasteiger partial charge in [0.15, 0.2) is 5.60 Å². The molecule has 40 heavy (non-hydrogen) atoms. The Morgan fingerprint density at radius 3 is 2.42 bits per heavy atom. The van der Waals surface area contributed by atoms with Crippen molar-refractivity contribution in [3.63, 3.8) is 0 Å². The Morgan fingerprint density at radius 2 is 1.70 bits per heavy atom. The average Bonchev–Trinajstić information content (AvgIpc) is 3.43. The molecule has 0 unspecified atom stereocenters. The highest BCUT2D eigenvalue weighted by molar-refractivity contribution is 5.98. The van der Waals surface area contributed by atoms with Crippen molar-refractivity contribution >= 4 is 23.5 Å². The van der Waals surface area contributed by atoms with Crippen molar-refractivity contribution in [3.8, 4) is 0 Å². The Kier molecular flexibility index (Phi) is 4.50. The first kappa shape index (κ1) is 25.8. The Morgan fingerprint density at radius 1 is 0.975 bits per heavy atom. The molecule has 0 aromatic rings. The summed E-state index contributed by atoms with van der Waals surface area (Å²) < 4.78 is 31.6. The molecule has 8 fully saturated rings. The van der Waals surface area contributed by atoms with Crippen LogP contribution in [0.25, 0.3) is 0 Å². The molecule has 2 saturated carbocycles. The molecule has 8 aliphatic rings. The Labute approximate surface area is 231 Å². The summed E-state index contributed by atoms with van der Waals surface area (Å²) in [5.74, 6) is -7.18. The first-order chi connectivity index (χ1) is 18.5. The molecule has 3 spiro atoms. The molecule has 6 heterocycles. The van der Waals surface area contributed by atoms with Gasteiger partial charge in [-0.15, -0.1) is 0 Å². The third-order valence-electron chi connectivity index (χ3n) is 12.4. The summed E-state index contributed by atoms with van der Waals surface area (Å²) >= 11 is 0.